The second kappa shape index (κ2) is 5.89. The Kier molecular flexibility index (Phi) is 4.54. The lowest BCUT2D eigenvalue weighted by Crippen LogP contribution is -2.41. The molecule has 24 heavy (non-hydrogen) atoms. The van der Waals surface area contributed by atoms with E-state index in [-0.39, 0.29) is 11.4 Å². The number of halogens is 1. The molecular formula is C15H23BFN3O4. The molecule has 0 amide bonds. The minimum atomic E-state index is -1.21. The number of nitrogens with zero attached hydrogens (tertiary/aromatic N) is 2. The number of aromatic nitrogens is 2. The maximum Gasteiger partial charge on any atom is 0.525 e. The molecule has 0 radical (unpaired) electrons. The van der Waals surface area contributed by atoms with Gasteiger partial charge in [0.15, 0.2) is 0 Å². The molecule has 1 aliphatic rings. The van der Waals surface area contributed by atoms with Crippen molar-refractivity contribution in [3.8, 4) is 0 Å². The van der Waals surface area contributed by atoms with Crippen LogP contribution in [0, 0.1) is 0 Å². The lowest BCUT2D eigenvalue weighted by molar-refractivity contribution is 0.00578. The van der Waals surface area contributed by atoms with Crippen molar-refractivity contribution < 1.29 is 13.7 Å². The van der Waals surface area contributed by atoms with E-state index in [2.05, 4.69) is 5.32 Å². The van der Waals surface area contributed by atoms with Crippen molar-refractivity contribution in [3.63, 3.8) is 0 Å². The van der Waals surface area contributed by atoms with Crippen LogP contribution < -0.4 is 16.6 Å². The van der Waals surface area contributed by atoms with Crippen LogP contribution in [-0.4, -0.2) is 34.5 Å². The highest BCUT2D eigenvalue weighted by atomic mass is 19.1. The van der Waals surface area contributed by atoms with E-state index in [0.717, 1.165) is 10.6 Å². The highest BCUT2D eigenvalue weighted by Crippen LogP contribution is 2.39. The third kappa shape index (κ3) is 2.82. The van der Waals surface area contributed by atoms with Gasteiger partial charge in [-0.3, -0.25) is 13.9 Å². The molecule has 0 aromatic carbocycles. The van der Waals surface area contributed by atoms with Crippen LogP contribution >= 0.6 is 0 Å². The van der Waals surface area contributed by atoms with Gasteiger partial charge < -0.3 is 14.6 Å². The summed E-state index contributed by atoms with van der Waals surface area (Å²) in [4.78, 5) is 24.3. The van der Waals surface area contributed by atoms with Crippen molar-refractivity contribution in [3.05, 3.63) is 32.1 Å². The van der Waals surface area contributed by atoms with Crippen molar-refractivity contribution in [2.24, 2.45) is 14.1 Å². The van der Waals surface area contributed by atoms with E-state index in [0.29, 0.717) is 0 Å². The monoisotopic (exact) mass is 339 g/mol. The minimum absolute atomic E-state index is 0.0225. The van der Waals surface area contributed by atoms with E-state index in [4.69, 9.17) is 9.31 Å². The molecule has 1 aromatic rings. The van der Waals surface area contributed by atoms with Crippen LogP contribution in [-0.2, 0) is 23.4 Å². The molecule has 0 unspecified atom stereocenters. The molecule has 132 valence electrons. The first-order valence-corrected chi connectivity index (χ1v) is 7.63. The van der Waals surface area contributed by atoms with Crippen molar-refractivity contribution in [2.45, 2.75) is 38.9 Å². The summed E-state index contributed by atoms with van der Waals surface area (Å²) in [7, 11) is 3.19. The number of hydrogen-bond donors (Lipinski definition) is 1. The Bertz CT molecular complexity index is 794. The van der Waals surface area contributed by atoms with Gasteiger partial charge in [0.05, 0.1) is 16.8 Å². The third-order valence-corrected chi connectivity index (χ3v) is 4.70. The summed E-state index contributed by atoms with van der Waals surface area (Å²) in [5.41, 5.74) is -3.20. The lowest BCUT2D eigenvalue weighted by atomic mass is 9.87. The standard InChI is InChI=1S/C15H23BFN3O4/c1-14(2)15(3,4)24-16(23-14)10(17)8-9-11(18-5)19(6)13(22)20(7)12(9)21/h8,18H,1-7H3. The fraction of sp³-hybridized carbons (Fsp3) is 0.600. The predicted octanol–water partition coefficient (Wildman–Crippen LogP) is 1.07. The number of hydrogen-bond acceptors (Lipinski definition) is 5. The normalized spacial score (nSPS) is 19.7. The van der Waals surface area contributed by atoms with Crippen molar-refractivity contribution in [1.82, 2.24) is 9.13 Å². The zero-order valence-electron chi connectivity index (χ0n) is 15.1. The summed E-state index contributed by atoms with van der Waals surface area (Å²) in [6.07, 6.45) is 1.05. The van der Waals surface area contributed by atoms with Gasteiger partial charge in [0.25, 0.3) is 5.56 Å². The fourth-order valence-electron chi connectivity index (χ4n) is 2.46. The molecule has 7 nitrogen and oxygen atoms in total. The first-order valence-electron chi connectivity index (χ1n) is 7.63. The third-order valence-electron chi connectivity index (χ3n) is 4.70. The van der Waals surface area contributed by atoms with Gasteiger partial charge >= 0.3 is 12.8 Å². The maximum absolute atomic E-state index is 14.7. The fourth-order valence-corrected chi connectivity index (χ4v) is 2.46. The highest BCUT2D eigenvalue weighted by Gasteiger charge is 2.53. The molecule has 1 N–H and O–H groups in total. The summed E-state index contributed by atoms with van der Waals surface area (Å²) >= 11 is 0. The van der Waals surface area contributed by atoms with Crippen LogP contribution in [0.25, 0.3) is 6.08 Å². The average molecular weight is 339 g/mol. The molecule has 2 heterocycles. The molecular weight excluding hydrogens is 316 g/mol. The van der Waals surface area contributed by atoms with Gasteiger partial charge in [-0.1, -0.05) is 0 Å². The number of anilines is 1. The Morgan fingerprint density at radius 2 is 1.62 bits per heavy atom. The summed E-state index contributed by atoms with van der Waals surface area (Å²) < 4.78 is 28.1. The Balaban J connectivity index is 2.53. The quantitative estimate of drug-likeness (QED) is 0.834. The Morgan fingerprint density at radius 3 is 2.08 bits per heavy atom. The van der Waals surface area contributed by atoms with E-state index < -0.39 is 35.3 Å². The van der Waals surface area contributed by atoms with Crippen molar-refractivity contribution >= 4 is 19.0 Å². The van der Waals surface area contributed by atoms with Crippen LogP contribution in [0.3, 0.4) is 0 Å². The number of rotatable bonds is 3. The Labute approximate surface area is 140 Å². The molecule has 0 aliphatic carbocycles. The zero-order valence-corrected chi connectivity index (χ0v) is 15.1. The van der Waals surface area contributed by atoms with Gasteiger partial charge in [-0.05, 0) is 33.8 Å². The smallest absolute Gasteiger partial charge is 0.398 e. The summed E-state index contributed by atoms with van der Waals surface area (Å²) in [6.45, 7) is 7.24. The van der Waals surface area contributed by atoms with E-state index in [1.165, 1.54) is 18.7 Å². The van der Waals surface area contributed by atoms with Crippen LogP contribution in [0.2, 0.25) is 0 Å². The Morgan fingerprint density at radius 1 is 1.12 bits per heavy atom. The molecule has 9 heteroatoms. The van der Waals surface area contributed by atoms with Crippen molar-refractivity contribution in [2.75, 3.05) is 12.4 Å². The predicted molar refractivity (Wildman–Crippen MR) is 91.6 cm³/mol. The van der Waals surface area contributed by atoms with Gasteiger partial charge in [-0.2, -0.15) is 0 Å². The highest BCUT2D eigenvalue weighted by molar-refractivity contribution is 6.54. The van der Waals surface area contributed by atoms with Crippen LogP contribution in [0.15, 0.2) is 15.3 Å². The molecule has 1 fully saturated rings. The molecule has 0 bridgehead atoms. The molecule has 0 spiro atoms. The second-order valence-electron chi connectivity index (χ2n) is 6.84. The molecule has 1 saturated heterocycles. The Hall–Kier alpha value is -1.87. The summed E-state index contributed by atoms with van der Waals surface area (Å²) in [5, 5.41) is 2.76. The van der Waals surface area contributed by atoms with Crippen LogP contribution in [0.1, 0.15) is 33.3 Å². The van der Waals surface area contributed by atoms with Gasteiger partial charge in [0.1, 0.15) is 11.5 Å². The molecule has 0 saturated carbocycles. The van der Waals surface area contributed by atoms with E-state index in [1.54, 1.807) is 7.05 Å². The molecule has 2 rings (SSSR count). The summed E-state index contributed by atoms with van der Waals surface area (Å²) in [5.74, 6) is 0.217. The maximum atomic E-state index is 14.7. The summed E-state index contributed by atoms with van der Waals surface area (Å²) in [6, 6.07) is 0. The topological polar surface area (TPSA) is 74.5 Å². The van der Waals surface area contributed by atoms with Gasteiger partial charge in [-0.25, -0.2) is 9.18 Å². The van der Waals surface area contributed by atoms with Gasteiger partial charge in [0.2, 0.25) is 0 Å². The average Bonchev–Trinajstić information content (AvgIpc) is 2.71. The minimum Gasteiger partial charge on any atom is -0.398 e. The van der Waals surface area contributed by atoms with E-state index >= 15 is 0 Å². The van der Waals surface area contributed by atoms with Crippen LogP contribution in [0.4, 0.5) is 10.2 Å². The second-order valence-corrected chi connectivity index (χ2v) is 6.84. The van der Waals surface area contributed by atoms with E-state index in [1.807, 2.05) is 27.7 Å². The van der Waals surface area contributed by atoms with Crippen LogP contribution in [0.5, 0.6) is 0 Å². The van der Waals surface area contributed by atoms with E-state index in [9.17, 15) is 14.0 Å². The first kappa shape index (κ1) is 18.5. The molecule has 1 aliphatic heterocycles. The van der Waals surface area contributed by atoms with Crippen molar-refractivity contribution in [1.29, 1.82) is 0 Å². The SMILES string of the molecule is CNc1c(C=C(F)B2OC(C)(C)C(C)(C)O2)c(=O)n(C)c(=O)n1C. The first-order chi connectivity index (χ1) is 10.9. The number of nitrogens with one attached hydrogen (secondary N) is 1. The lowest BCUT2D eigenvalue weighted by Gasteiger charge is -2.32. The van der Waals surface area contributed by atoms with Gasteiger partial charge in [0, 0.05) is 21.1 Å². The molecule has 1 aromatic heterocycles. The largest absolute Gasteiger partial charge is 0.525 e. The molecule has 0 atom stereocenters. The van der Waals surface area contributed by atoms with Gasteiger partial charge in [-0.15, -0.1) is 0 Å². The zero-order chi connectivity index (χ0) is 18.4.